The summed E-state index contributed by atoms with van der Waals surface area (Å²) in [5, 5.41) is 3.16. The lowest BCUT2D eigenvalue weighted by Gasteiger charge is -2.46. The summed E-state index contributed by atoms with van der Waals surface area (Å²) in [6.45, 7) is 49.9. The molecule has 9 aliphatic carbocycles. The number of benzene rings is 7. The first-order chi connectivity index (χ1) is 70.6. The van der Waals surface area contributed by atoms with E-state index in [2.05, 4.69) is 126 Å². The predicted molar refractivity (Wildman–Crippen MR) is 552 cm³/mol. The average molecular weight is 1930 g/mol. The smallest absolute Gasteiger partial charge is 0.226 e. The lowest BCUT2D eigenvalue weighted by molar-refractivity contribution is -0.122. The fraction of sp³-hybridized carbons (Fsp3) is 0.300. The molecule has 9 aliphatic rings. The third-order valence-electron chi connectivity index (χ3n) is 32.2. The SMILES string of the molecule is [C-]#[N+]C1=C[C@@]2(C)c3nc(-c4cc(CF)nc5ccccc45)nc(-c4ccccc4F)c3CC[C@@H]2[C@@H](C)C1=O.[C-]#[N+]C1=C[C@@]2(C)c3nc(-c4ccnc5c(F)cccc45)nc(OC4CCCC4)c3CC[C@@H]2[C@@H](C)C1=O.[C-]#[N+]C1=C[C@@]2(C)c3nc(-c4ncnc5ccccc45)nc(-c4ccc(C)cc4)c3CC[C@@H]2[C@@H](C)C1=O.[C-]#[N+]C1=C[C@@]2(C)c3nc(-c4ncnc5ccccc45)nc(-c4cccc(C)c4)c3CC[C@@H]2[C@@H](C)C1=O. The lowest BCUT2D eigenvalue weighted by Crippen LogP contribution is -2.46. The zero-order valence-corrected chi connectivity index (χ0v) is 82.4. The van der Waals surface area contributed by atoms with Crippen LogP contribution >= 0.6 is 0 Å². The molecule has 722 valence electrons. The quantitative estimate of drug-likeness (QED) is 0.115. The standard InChI is InChI=1S/C31H24F2N4O.2C30H25N5O.C29H27FN4O2/c1-17-23-13-12-21-27(20-9-4-6-10-24(20)33)36-30(37-29(21)31(23,2)15-26(34-3)28(17)38)22-14-18(16-32)35-25-11-7-5-8-19(22)25;1-17-8-7-9-19(14-17)25-21-12-13-22-18(2)27(36)24(31-4)15-30(22,3)28(21)35-29(34-25)26-20-10-5-6-11-23(20)32-16-33-26;1-17-9-11-19(12-10-17)25-21-13-14-22-18(2)27(36)24(31-4)15-30(22,3)28(21)35-29(34-25)26-20-7-5-6-8-23(20)32-16-33-26;1-16-21-12-11-20-26(29(21,2)15-23(31-3)25(16)35)33-27(34-28(20)36-17-7-4-5-8-17)19-13-14-32-24-18(19)9-6-10-22(24)30/h4-11,14-15,17,23H,12-13,16H2,1-2H3;5-11,14-16,18,22H,12-13H2,1-3H3;5-12,15-16,18,22H,13-14H2,1-3H3;6,9-10,13-17,21H,4-5,7-8,11-12H2,1-2H3/t17-,23-,31-;2*18-,22-,30-;16-,21-,29-/m1111/s1. The third-order valence-corrected chi connectivity index (χ3v) is 32.2. The maximum Gasteiger partial charge on any atom is 0.226 e. The number of allylic oxidation sites excluding steroid dienone is 8. The van der Waals surface area contributed by atoms with Gasteiger partial charge in [-0.15, -0.1) is 0 Å². The van der Waals surface area contributed by atoms with Crippen molar-refractivity contribution in [2.24, 2.45) is 47.3 Å². The van der Waals surface area contributed by atoms with Gasteiger partial charge in [-0.3, -0.25) is 4.98 Å². The minimum Gasteiger partial charge on any atom is -0.474 e. The van der Waals surface area contributed by atoms with Gasteiger partial charge in [0.25, 0.3) is 0 Å². The Morgan fingerprint density at radius 2 is 0.781 bits per heavy atom. The van der Waals surface area contributed by atoms with Crippen molar-refractivity contribution in [3.8, 4) is 85.5 Å². The minimum absolute atomic E-state index is 0.0247. The van der Waals surface area contributed by atoms with Crippen LogP contribution in [-0.2, 0) is 73.2 Å². The summed E-state index contributed by atoms with van der Waals surface area (Å²) in [5.41, 5.74) is 17.9. The van der Waals surface area contributed by atoms with Gasteiger partial charge in [0.15, 0.2) is 46.4 Å². The number of ketones is 4. The second-order valence-electron chi connectivity index (χ2n) is 40.8. The van der Waals surface area contributed by atoms with Crippen LogP contribution in [0.5, 0.6) is 5.88 Å². The van der Waals surface area contributed by atoms with Crippen LogP contribution in [0.4, 0.5) is 13.2 Å². The molecule has 1 saturated carbocycles. The van der Waals surface area contributed by atoms with Crippen LogP contribution < -0.4 is 4.74 Å². The Labute approximate surface area is 843 Å². The Hall–Kier alpha value is -16.5. The van der Waals surface area contributed by atoms with Gasteiger partial charge in [-0.25, -0.2) is 92.4 Å². The van der Waals surface area contributed by atoms with Crippen molar-refractivity contribution in [3.63, 3.8) is 0 Å². The molecule has 0 bridgehead atoms. The molecule has 0 saturated heterocycles. The van der Waals surface area contributed by atoms with Gasteiger partial charge in [-0.2, -0.15) is 4.98 Å². The summed E-state index contributed by atoms with van der Waals surface area (Å²) in [4.78, 5) is 133. The molecule has 15 aromatic rings. The number of halogens is 3. The van der Waals surface area contributed by atoms with E-state index in [0.717, 1.165) is 152 Å². The summed E-state index contributed by atoms with van der Waals surface area (Å²) in [7, 11) is 0. The average Bonchev–Trinajstić information content (AvgIpc) is 0.811. The Morgan fingerprint density at radius 1 is 0.363 bits per heavy atom. The van der Waals surface area contributed by atoms with Crippen LogP contribution in [-0.4, -0.2) is 99.0 Å². The number of aromatic nitrogens is 14. The molecule has 0 N–H and O–H groups in total. The highest BCUT2D eigenvalue weighted by Gasteiger charge is 2.55. The molecule has 8 heterocycles. The highest BCUT2D eigenvalue weighted by Crippen LogP contribution is 2.58. The summed E-state index contributed by atoms with van der Waals surface area (Å²) < 4.78 is 50.1. The minimum atomic E-state index is -0.751. The molecule has 0 amide bonds. The van der Waals surface area contributed by atoms with Gasteiger partial charge in [-0.1, -0.05) is 212 Å². The topological polar surface area (TPSA) is 275 Å². The number of fused-ring (bicyclic) bond motifs is 16. The first kappa shape index (κ1) is 95.7. The molecule has 1 fully saturated rings. The Morgan fingerprint density at radius 3 is 1.27 bits per heavy atom. The monoisotopic (exact) mass is 1930 g/mol. The highest BCUT2D eigenvalue weighted by atomic mass is 19.1. The van der Waals surface area contributed by atoms with E-state index in [1.54, 1.807) is 61.3 Å². The van der Waals surface area contributed by atoms with E-state index >= 15 is 4.39 Å². The van der Waals surface area contributed by atoms with E-state index in [0.29, 0.717) is 98.8 Å². The van der Waals surface area contributed by atoms with Crippen LogP contribution in [0.3, 0.4) is 0 Å². The van der Waals surface area contributed by atoms with Crippen molar-refractivity contribution >= 4 is 66.7 Å². The molecule has 26 heteroatoms. The van der Waals surface area contributed by atoms with Crippen molar-refractivity contribution in [2.75, 3.05) is 0 Å². The van der Waals surface area contributed by atoms with Crippen LogP contribution in [0.1, 0.15) is 169 Å². The number of Topliss-reactive ketones (excluding diaryl/α,β-unsaturated/α-hetero) is 4. The van der Waals surface area contributed by atoms with E-state index in [-0.39, 0.29) is 111 Å². The number of aryl methyl sites for hydroxylation is 2. The molecule has 23 nitrogen and oxygen atoms in total. The normalized spacial score (nSPS) is 23.5. The van der Waals surface area contributed by atoms with E-state index < -0.39 is 40.0 Å². The molecule has 8 aromatic heterocycles. The van der Waals surface area contributed by atoms with E-state index in [1.165, 1.54) is 17.7 Å². The zero-order valence-electron chi connectivity index (χ0n) is 82.4. The summed E-state index contributed by atoms with van der Waals surface area (Å²) in [6, 6.07) is 54.7. The van der Waals surface area contributed by atoms with Crippen molar-refractivity contribution in [1.82, 2.24) is 69.8 Å². The van der Waals surface area contributed by atoms with E-state index in [9.17, 15) is 28.0 Å². The molecule has 0 unspecified atom stereocenters. The van der Waals surface area contributed by atoms with E-state index in [4.69, 9.17) is 70.9 Å². The number of hydrogen-bond donors (Lipinski definition) is 0. The van der Waals surface area contributed by atoms with Crippen LogP contribution in [0.15, 0.2) is 242 Å². The first-order valence-corrected chi connectivity index (χ1v) is 49.7. The van der Waals surface area contributed by atoms with Gasteiger partial charge in [0.2, 0.25) is 28.7 Å². The number of alkyl halides is 1. The predicted octanol–water partition coefficient (Wildman–Crippen LogP) is 24.6. The van der Waals surface area contributed by atoms with Crippen LogP contribution in [0.2, 0.25) is 0 Å². The second kappa shape index (κ2) is 38.0. The molecule has 24 rings (SSSR count). The lowest BCUT2D eigenvalue weighted by atomic mass is 9.58. The molecular formula is C120H101F3N18O5. The fourth-order valence-corrected chi connectivity index (χ4v) is 24.7. The Kier molecular flexibility index (Phi) is 24.9. The van der Waals surface area contributed by atoms with Crippen molar-refractivity contribution in [2.45, 2.75) is 181 Å². The van der Waals surface area contributed by atoms with Gasteiger partial charge in [0.1, 0.15) is 54.0 Å². The maximum atomic E-state index is 15.2. The van der Waals surface area contributed by atoms with Gasteiger partial charge >= 0.3 is 0 Å². The summed E-state index contributed by atoms with van der Waals surface area (Å²) in [6.07, 6.45) is 22.3. The van der Waals surface area contributed by atoms with Gasteiger partial charge < -0.3 is 23.9 Å². The number of carbonyl (C=O) groups is 4. The number of rotatable bonds is 10. The largest absolute Gasteiger partial charge is 0.474 e. The van der Waals surface area contributed by atoms with E-state index in [1.807, 2.05) is 138 Å². The van der Waals surface area contributed by atoms with Gasteiger partial charge in [0, 0.05) is 123 Å². The molecular weight excluding hydrogens is 1830 g/mol. The number of pyridine rings is 2. The zero-order chi connectivity index (χ0) is 102. The van der Waals surface area contributed by atoms with Gasteiger partial charge in [0.05, 0.1) is 88.4 Å². The summed E-state index contributed by atoms with van der Waals surface area (Å²) in [5.74, 6) is 0.246. The fourth-order valence-electron chi connectivity index (χ4n) is 24.7. The Bertz CT molecular complexity index is 8340. The Balaban J connectivity index is 0.000000114. The van der Waals surface area contributed by atoms with Crippen molar-refractivity contribution < 1.29 is 37.1 Å². The number of para-hydroxylation sites is 4. The molecule has 12 atom stereocenters. The highest BCUT2D eigenvalue weighted by molar-refractivity contribution is 6.04. The second-order valence-corrected chi connectivity index (χ2v) is 40.8. The number of ether oxygens (including phenoxy) is 1. The molecule has 0 radical (unpaired) electrons. The maximum absolute atomic E-state index is 15.2. The molecule has 0 spiro atoms. The number of nitrogens with zero attached hydrogens (tertiary/aromatic N) is 18. The van der Waals surface area contributed by atoms with Gasteiger partial charge in [-0.05, 0) is 169 Å². The first-order valence-electron chi connectivity index (χ1n) is 49.7. The number of carbonyl (C=O) groups excluding carboxylic acids is 4. The molecule has 146 heavy (non-hydrogen) atoms. The third kappa shape index (κ3) is 16.4. The van der Waals surface area contributed by atoms with Crippen LogP contribution in [0, 0.1) is 99.1 Å². The molecule has 7 aromatic carbocycles. The number of hydrogen-bond acceptors (Lipinski definition) is 19. The summed E-state index contributed by atoms with van der Waals surface area (Å²) >= 11 is 0. The molecule has 0 aliphatic heterocycles. The van der Waals surface area contributed by atoms with Crippen LogP contribution in [0.25, 0.3) is 143 Å². The van der Waals surface area contributed by atoms with Crippen molar-refractivity contribution in [3.05, 3.63) is 361 Å². The van der Waals surface area contributed by atoms with Crippen molar-refractivity contribution in [1.29, 1.82) is 0 Å².